The van der Waals surface area contributed by atoms with E-state index in [9.17, 15) is 4.79 Å². The lowest BCUT2D eigenvalue weighted by atomic mass is 9.86. The molecule has 0 spiro atoms. The first-order chi connectivity index (χ1) is 9.33. The lowest BCUT2D eigenvalue weighted by Gasteiger charge is -2.29. The Morgan fingerprint density at radius 2 is 2.00 bits per heavy atom. The summed E-state index contributed by atoms with van der Waals surface area (Å²) in [4.78, 5) is 16.3. The molecule has 1 N–H and O–H groups in total. The number of rotatable bonds is 2. The highest BCUT2D eigenvalue weighted by molar-refractivity contribution is 7.09. The standard InChI is InChI=1S/C15H24N2O2S/c1-10-9-20-13(16-10)11-5-7-12(8-6-11)17-14(18)19-15(2,3)4/h9,11-12H,5-8H2,1-4H3,(H,17,18). The van der Waals surface area contributed by atoms with Gasteiger partial charge in [-0.3, -0.25) is 0 Å². The molecule has 0 radical (unpaired) electrons. The minimum absolute atomic E-state index is 0.238. The number of aromatic nitrogens is 1. The molecule has 1 aliphatic carbocycles. The molecule has 1 aliphatic rings. The van der Waals surface area contributed by atoms with E-state index in [-0.39, 0.29) is 12.1 Å². The van der Waals surface area contributed by atoms with E-state index in [2.05, 4.69) is 15.7 Å². The van der Waals surface area contributed by atoms with Gasteiger partial charge in [0.25, 0.3) is 0 Å². The predicted octanol–water partition coefficient (Wildman–Crippen LogP) is 4.00. The molecule has 0 aliphatic heterocycles. The van der Waals surface area contributed by atoms with Crippen molar-refractivity contribution in [1.82, 2.24) is 10.3 Å². The molecule has 0 atom stereocenters. The third-order valence-electron chi connectivity index (χ3n) is 3.43. The molecule has 2 rings (SSSR count). The molecule has 1 fully saturated rings. The largest absolute Gasteiger partial charge is 0.444 e. The molecule has 20 heavy (non-hydrogen) atoms. The molecule has 1 saturated carbocycles. The zero-order valence-electron chi connectivity index (χ0n) is 12.7. The maximum Gasteiger partial charge on any atom is 0.407 e. The Morgan fingerprint density at radius 3 is 2.50 bits per heavy atom. The molecule has 1 heterocycles. The Hall–Kier alpha value is -1.10. The van der Waals surface area contributed by atoms with E-state index in [1.165, 1.54) is 5.01 Å². The van der Waals surface area contributed by atoms with Crippen LogP contribution in [-0.2, 0) is 4.74 Å². The Morgan fingerprint density at radius 1 is 1.35 bits per heavy atom. The summed E-state index contributed by atoms with van der Waals surface area (Å²) in [7, 11) is 0. The summed E-state index contributed by atoms with van der Waals surface area (Å²) in [6.45, 7) is 7.69. The highest BCUT2D eigenvalue weighted by Gasteiger charge is 2.26. The Kier molecular flexibility index (Phi) is 4.68. The highest BCUT2D eigenvalue weighted by Crippen LogP contribution is 2.34. The van der Waals surface area contributed by atoms with Crippen molar-refractivity contribution in [2.75, 3.05) is 0 Å². The van der Waals surface area contributed by atoms with Crippen LogP contribution in [0.15, 0.2) is 5.38 Å². The fourth-order valence-corrected chi connectivity index (χ4v) is 3.49. The number of carbonyl (C=O) groups is 1. The quantitative estimate of drug-likeness (QED) is 0.897. The van der Waals surface area contributed by atoms with Crippen LogP contribution < -0.4 is 5.32 Å². The number of alkyl carbamates (subject to hydrolysis) is 1. The van der Waals surface area contributed by atoms with E-state index in [4.69, 9.17) is 4.74 Å². The van der Waals surface area contributed by atoms with Gasteiger partial charge in [-0.1, -0.05) is 0 Å². The number of hydrogen-bond acceptors (Lipinski definition) is 4. The van der Waals surface area contributed by atoms with Gasteiger partial charge in [-0.05, 0) is 53.4 Å². The van der Waals surface area contributed by atoms with Crippen LogP contribution in [0.5, 0.6) is 0 Å². The van der Waals surface area contributed by atoms with Crippen molar-refractivity contribution in [2.24, 2.45) is 0 Å². The van der Waals surface area contributed by atoms with Crippen molar-refractivity contribution in [3.05, 3.63) is 16.1 Å². The van der Waals surface area contributed by atoms with Crippen LogP contribution >= 0.6 is 11.3 Å². The number of hydrogen-bond donors (Lipinski definition) is 1. The van der Waals surface area contributed by atoms with E-state index in [1.807, 2.05) is 27.7 Å². The van der Waals surface area contributed by atoms with Crippen molar-refractivity contribution in [1.29, 1.82) is 0 Å². The normalized spacial score (nSPS) is 23.4. The summed E-state index contributed by atoms with van der Waals surface area (Å²) >= 11 is 1.76. The van der Waals surface area contributed by atoms with Gasteiger partial charge in [0, 0.05) is 23.0 Å². The second-order valence-electron chi connectivity index (χ2n) is 6.52. The fraction of sp³-hybridized carbons (Fsp3) is 0.733. The summed E-state index contributed by atoms with van der Waals surface area (Å²) in [5.41, 5.74) is 0.679. The van der Waals surface area contributed by atoms with E-state index in [0.717, 1.165) is 31.4 Å². The summed E-state index contributed by atoms with van der Waals surface area (Å²) < 4.78 is 5.29. The van der Waals surface area contributed by atoms with Crippen molar-refractivity contribution >= 4 is 17.4 Å². The number of nitrogens with one attached hydrogen (secondary N) is 1. The number of ether oxygens (including phenoxy) is 1. The van der Waals surface area contributed by atoms with Gasteiger partial charge < -0.3 is 10.1 Å². The number of aryl methyl sites for hydroxylation is 1. The number of amides is 1. The first-order valence-electron chi connectivity index (χ1n) is 7.25. The van der Waals surface area contributed by atoms with Crippen molar-refractivity contribution in [2.45, 2.75) is 70.9 Å². The Balaban J connectivity index is 1.78. The maximum atomic E-state index is 11.7. The zero-order chi connectivity index (χ0) is 14.8. The average Bonchev–Trinajstić information content (AvgIpc) is 2.74. The fourth-order valence-electron chi connectivity index (χ4n) is 2.52. The smallest absolute Gasteiger partial charge is 0.407 e. The Bertz CT molecular complexity index is 457. The molecule has 1 aromatic heterocycles. The van der Waals surface area contributed by atoms with Crippen LogP contribution in [0.3, 0.4) is 0 Å². The molecule has 0 bridgehead atoms. The summed E-state index contributed by atoms with van der Waals surface area (Å²) in [6, 6.07) is 0.238. The molecular weight excluding hydrogens is 272 g/mol. The van der Waals surface area contributed by atoms with Gasteiger partial charge in [-0.25, -0.2) is 9.78 Å². The number of nitrogens with zero attached hydrogens (tertiary/aromatic N) is 1. The topological polar surface area (TPSA) is 51.2 Å². The van der Waals surface area contributed by atoms with Crippen LogP contribution in [0.1, 0.15) is 63.1 Å². The zero-order valence-corrected chi connectivity index (χ0v) is 13.5. The van der Waals surface area contributed by atoms with Crippen LogP contribution in [-0.4, -0.2) is 22.7 Å². The monoisotopic (exact) mass is 296 g/mol. The molecule has 0 unspecified atom stereocenters. The third kappa shape index (κ3) is 4.47. The first kappa shape index (κ1) is 15.3. The molecule has 112 valence electrons. The van der Waals surface area contributed by atoms with Gasteiger partial charge in [0.1, 0.15) is 5.60 Å². The Labute approximate surface area is 124 Å². The predicted molar refractivity (Wildman–Crippen MR) is 81.2 cm³/mol. The van der Waals surface area contributed by atoms with Gasteiger partial charge in [0.05, 0.1) is 5.01 Å². The van der Waals surface area contributed by atoms with Crippen LogP contribution in [0.2, 0.25) is 0 Å². The van der Waals surface area contributed by atoms with Crippen molar-refractivity contribution in [3.8, 4) is 0 Å². The van der Waals surface area contributed by atoms with E-state index in [0.29, 0.717) is 5.92 Å². The number of thiazole rings is 1. The number of carbonyl (C=O) groups excluding carboxylic acids is 1. The van der Waals surface area contributed by atoms with Gasteiger partial charge in [-0.2, -0.15) is 0 Å². The molecular formula is C15H24N2O2S. The molecule has 0 saturated heterocycles. The maximum absolute atomic E-state index is 11.7. The van der Waals surface area contributed by atoms with Gasteiger partial charge in [0.15, 0.2) is 0 Å². The van der Waals surface area contributed by atoms with Crippen molar-refractivity contribution in [3.63, 3.8) is 0 Å². The molecule has 4 nitrogen and oxygen atoms in total. The highest BCUT2D eigenvalue weighted by atomic mass is 32.1. The molecule has 1 amide bonds. The summed E-state index contributed by atoms with van der Waals surface area (Å²) in [6.07, 6.45) is 3.89. The van der Waals surface area contributed by atoms with Crippen LogP contribution in [0, 0.1) is 6.92 Å². The van der Waals surface area contributed by atoms with E-state index < -0.39 is 5.60 Å². The van der Waals surface area contributed by atoms with Gasteiger partial charge in [-0.15, -0.1) is 11.3 Å². The lowest BCUT2D eigenvalue weighted by Crippen LogP contribution is -2.40. The second kappa shape index (κ2) is 6.12. The molecule has 0 aromatic carbocycles. The SMILES string of the molecule is Cc1csc(C2CCC(NC(=O)OC(C)(C)C)CC2)n1. The summed E-state index contributed by atoms with van der Waals surface area (Å²) in [5, 5.41) is 6.33. The minimum Gasteiger partial charge on any atom is -0.444 e. The van der Waals surface area contributed by atoms with Gasteiger partial charge in [0.2, 0.25) is 0 Å². The van der Waals surface area contributed by atoms with Crippen molar-refractivity contribution < 1.29 is 9.53 Å². The second-order valence-corrected chi connectivity index (χ2v) is 7.41. The summed E-state index contributed by atoms with van der Waals surface area (Å²) in [5.74, 6) is 0.561. The average molecular weight is 296 g/mol. The van der Waals surface area contributed by atoms with E-state index in [1.54, 1.807) is 11.3 Å². The third-order valence-corrected chi connectivity index (χ3v) is 4.56. The van der Waals surface area contributed by atoms with Gasteiger partial charge >= 0.3 is 6.09 Å². The minimum atomic E-state index is -0.431. The molecule has 5 heteroatoms. The lowest BCUT2D eigenvalue weighted by molar-refractivity contribution is 0.0491. The first-order valence-corrected chi connectivity index (χ1v) is 8.13. The van der Waals surface area contributed by atoms with Crippen LogP contribution in [0.25, 0.3) is 0 Å². The van der Waals surface area contributed by atoms with E-state index >= 15 is 0 Å². The molecule has 1 aromatic rings. The van der Waals surface area contributed by atoms with Crippen LogP contribution in [0.4, 0.5) is 4.79 Å².